The first kappa shape index (κ1) is 14.7. The summed E-state index contributed by atoms with van der Waals surface area (Å²) in [6.07, 6.45) is 3.17. The van der Waals surface area contributed by atoms with Crippen LogP contribution in [0.15, 0.2) is 48.5 Å². The number of allylic oxidation sites excluding steroid dienone is 1. The molecule has 0 heterocycles. The van der Waals surface area contributed by atoms with Crippen molar-refractivity contribution in [3.05, 3.63) is 80.9 Å². The van der Waals surface area contributed by atoms with Crippen LogP contribution in [-0.2, 0) is 0 Å². The van der Waals surface area contributed by atoms with Gasteiger partial charge in [-0.1, -0.05) is 42.5 Å². The predicted octanol–water partition coefficient (Wildman–Crippen LogP) is 4.11. The number of benzene rings is 2. The fourth-order valence-electron chi connectivity index (χ4n) is 1.99. The van der Waals surface area contributed by atoms with Crippen molar-refractivity contribution in [3.8, 4) is 0 Å². The van der Waals surface area contributed by atoms with Crippen molar-refractivity contribution in [2.24, 2.45) is 0 Å². The molecule has 0 saturated carbocycles. The number of hydrogen-bond donors (Lipinski definition) is 0. The molecule has 0 unspecified atom stereocenters. The standard InChI is InChI=1S/C17H15NO3/c1-12-5-3-4-6-14(12)9-10-17(19)15-8-7-13(2)16(11-15)18(20)21/h3-11H,1-2H3. The van der Waals surface area contributed by atoms with Gasteiger partial charge in [0.05, 0.1) is 4.92 Å². The first-order valence-electron chi connectivity index (χ1n) is 6.52. The van der Waals surface area contributed by atoms with Gasteiger partial charge in [-0.25, -0.2) is 0 Å². The number of ketones is 1. The van der Waals surface area contributed by atoms with Crippen LogP contribution in [0.1, 0.15) is 27.0 Å². The average molecular weight is 281 g/mol. The summed E-state index contributed by atoms with van der Waals surface area (Å²) in [4.78, 5) is 22.5. The molecule has 0 bridgehead atoms. The molecular weight excluding hydrogens is 266 g/mol. The van der Waals surface area contributed by atoms with E-state index < -0.39 is 4.92 Å². The van der Waals surface area contributed by atoms with Crippen molar-refractivity contribution in [2.75, 3.05) is 0 Å². The molecule has 4 nitrogen and oxygen atoms in total. The molecule has 0 fully saturated rings. The minimum absolute atomic E-state index is 0.0369. The zero-order valence-corrected chi connectivity index (χ0v) is 11.9. The van der Waals surface area contributed by atoms with E-state index in [0.717, 1.165) is 11.1 Å². The fourth-order valence-corrected chi connectivity index (χ4v) is 1.99. The third-order valence-corrected chi connectivity index (χ3v) is 3.29. The van der Waals surface area contributed by atoms with E-state index in [9.17, 15) is 14.9 Å². The van der Waals surface area contributed by atoms with Crippen LogP contribution in [0.25, 0.3) is 6.08 Å². The molecule has 0 amide bonds. The average Bonchev–Trinajstić information content (AvgIpc) is 2.46. The minimum Gasteiger partial charge on any atom is -0.289 e. The Bertz CT molecular complexity index is 733. The maximum Gasteiger partial charge on any atom is 0.273 e. The number of aryl methyl sites for hydroxylation is 2. The van der Waals surface area contributed by atoms with Crippen LogP contribution in [0.4, 0.5) is 5.69 Å². The van der Waals surface area contributed by atoms with Crippen LogP contribution in [0.2, 0.25) is 0 Å². The summed E-state index contributed by atoms with van der Waals surface area (Å²) in [5.41, 5.74) is 2.84. The first-order chi connectivity index (χ1) is 9.99. The van der Waals surface area contributed by atoms with Crippen LogP contribution in [0.5, 0.6) is 0 Å². The van der Waals surface area contributed by atoms with Crippen molar-refractivity contribution >= 4 is 17.5 Å². The highest BCUT2D eigenvalue weighted by atomic mass is 16.6. The third-order valence-electron chi connectivity index (χ3n) is 3.29. The number of rotatable bonds is 4. The molecule has 0 aliphatic carbocycles. The van der Waals surface area contributed by atoms with Crippen LogP contribution in [0.3, 0.4) is 0 Å². The summed E-state index contributed by atoms with van der Waals surface area (Å²) in [5.74, 6) is -0.249. The Labute approximate surface area is 122 Å². The molecule has 0 aliphatic heterocycles. The second-order valence-corrected chi connectivity index (χ2v) is 4.81. The molecule has 0 N–H and O–H groups in total. The smallest absolute Gasteiger partial charge is 0.273 e. The lowest BCUT2D eigenvalue weighted by atomic mass is 10.0. The van der Waals surface area contributed by atoms with Gasteiger partial charge in [0.2, 0.25) is 0 Å². The van der Waals surface area contributed by atoms with Gasteiger partial charge in [-0.2, -0.15) is 0 Å². The molecule has 4 heteroatoms. The first-order valence-corrected chi connectivity index (χ1v) is 6.52. The fraction of sp³-hybridized carbons (Fsp3) is 0.118. The lowest BCUT2D eigenvalue weighted by Crippen LogP contribution is -1.98. The van der Waals surface area contributed by atoms with Crippen molar-refractivity contribution in [1.29, 1.82) is 0 Å². The molecule has 2 aromatic rings. The van der Waals surface area contributed by atoms with Gasteiger partial charge in [-0.3, -0.25) is 14.9 Å². The Morgan fingerprint density at radius 2 is 1.81 bits per heavy atom. The zero-order chi connectivity index (χ0) is 15.4. The van der Waals surface area contributed by atoms with Gasteiger partial charge in [0, 0.05) is 17.2 Å². The molecule has 0 aliphatic rings. The van der Waals surface area contributed by atoms with Gasteiger partial charge in [0.1, 0.15) is 0 Å². The molecule has 106 valence electrons. The summed E-state index contributed by atoms with van der Waals surface area (Å²) in [6.45, 7) is 3.61. The summed E-state index contributed by atoms with van der Waals surface area (Å²) in [5, 5.41) is 10.9. The van der Waals surface area contributed by atoms with Gasteiger partial charge in [0.25, 0.3) is 5.69 Å². The molecule has 0 spiro atoms. The van der Waals surface area contributed by atoms with E-state index in [-0.39, 0.29) is 11.5 Å². The van der Waals surface area contributed by atoms with E-state index >= 15 is 0 Å². The second-order valence-electron chi connectivity index (χ2n) is 4.81. The lowest BCUT2D eigenvalue weighted by molar-refractivity contribution is -0.385. The van der Waals surface area contributed by atoms with Crippen LogP contribution in [-0.4, -0.2) is 10.7 Å². The largest absolute Gasteiger partial charge is 0.289 e. The maximum absolute atomic E-state index is 12.1. The van der Waals surface area contributed by atoms with Crippen molar-refractivity contribution in [3.63, 3.8) is 0 Å². The number of nitro benzene ring substituents is 1. The molecule has 0 aromatic heterocycles. The summed E-state index contributed by atoms with van der Waals surface area (Å²) in [7, 11) is 0. The van der Waals surface area contributed by atoms with Crippen molar-refractivity contribution < 1.29 is 9.72 Å². The van der Waals surface area contributed by atoms with E-state index in [2.05, 4.69) is 0 Å². The second kappa shape index (κ2) is 6.13. The van der Waals surface area contributed by atoms with E-state index in [1.54, 1.807) is 25.1 Å². The number of carbonyl (C=O) groups is 1. The summed E-state index contributed by atoms with van der Waals surface area (Å²) < 4.78 is 0. The number of carbonyl (C=O) groups excluding carboxylic acids is 1. The number of hydrogen-bond acceptors (Lipinski definition) is 3. The number of nitrogens with zero attached hydrogens (tertiary/aromatic N) is 1. The molecule has 2 rings (SSSR count). The predicted molar refractivity (Wildman–Crippen MR) is 82.4 cm³/mol. The Morgan fingerprint density at radius 1 is 1.10 bits per heavy atom. The Balaban J connectivity index is 2.27. The van der Waals surface area contributed by atoms with Gasteiger partial charge in [-0.15, -0.1) is 0 Å². The SMILES string of the molecule is Cc1ccccc1C=CC(=O)c1ccc(C)c([N+](=O)[O-])c1. The van der Waals surface area contributed by atoms with E-state index in [4.69, 9.17) is 0 Å². The molecule has 0 atom stereocenters. The highest BCUT2D eigenvalue weighted by molar-refractivity contribution is 6.07. The van der Waals surface area contributed by atoms with E-state index in [1.807, 2.05) is 31.2 Å². The zero-order valence-electron chi connectivity index (χ0n) is 11.9. The third kappa shape index (κ3) is 3.42. The number of nitro groups is 1. The molecule has 0 saturated heterocycles. The van der Waals surface area contributed by atoms with Gasteiger partial charge in [0.15, 0.2) is 5.78 Å². The van der Waals surface area contributed by atoms with Gasteiger partial charge < -0.3 is 0 Å². The normalized spacial score (nSPS) is 10.8. The van der Waals surface area contributed by atoms with Gasteiger partial charge in [-0.05, 0) is 31.1 Å². The molecular formula is C17H15NO3. The lowest BCUT2D eigenvalue weighted by Gasteiger charge is -2.01. The van der Waals surface area contributed by atoms with Crippen molar-refractivity contribution in [1.82, 2.24) is 0 Å². The van der Waals surface area contributed by atoms with E-state index in [0.29, 0.717) is 11.1 Å². The van der Waals surface area contributed by atoms with Crippen LogP contribution >= 0.6 is 0 Å². The minimum atomic E-state index is -0.475. The summed E-state index contributed by atoms with van der Waals surface area (Å²) in [6, 6.07) is 12.2. The highest BCUT2D eigenvalue weighted by Crippen LogP contribution is 2.20. The van der Waals surface area contributed by atoms with Crippen LogP contribution < -0.4 is 0 Å². The Hall–Kier alpha value is -2.75. The molecule has 0 radical (unpaired) electrons. The monoisotopic (exact) mass is 281 g/mol. The van der Waals surface area contributed by atoms with Gasteiger partial charge >= 0.3 is 0 Å². The van der Waals surface area contributed by atoms with Crippen molar-refractivity contribution in [2.45, 2.75) is 13.8 Å². The maximum atomic E-state index is 12.1. The van der Waals surface area contributed by atoms with E-state index in [1.165, 1.54) is 12.1 Å². The Morgan fingerprint density at radius 3 is 2.48 bits per heavy atom. The van der Waals surface area contributed by atoms with Crippen LogP contribution in [0, 0.1) is 24.0 Å². The molecule has 21 heavy (non-hydrogen) atoms. The Kier molecular flexibility index (Phi) is 4.28. The molecule has 2 aromatic carbocycles. The summed E-state index contributed by atoms with van der Waals surface area (Å²) >= 11 is 0. The highest BCUT2D eigenvalue weighted by Gasteiger charge is 2.13. The quantitative estimate of drug-likeness (QED) is 0.367. The topological polar surface area (TPSA) is 60.2 Å².